The van der Waals surface area contributed by atoms with Crippen LogP contribution in [0.25, 0.3) is 6.08 Å². The number of nitrogens with one attached hydrogen (secondary N) is 1. The topological polar surface area (TPSA) is 70.9 Å². The molecule has 2 aromatic rings. The van der Waals surface area contributed by atoms with Crippen molar-refractivity contribution in [1.29, 1.82) is 0 Å². The molecule has 22 heavy (non-hydrogen) atoms. The van der Waals surface area contributed by atoms with Gasteiger partial charge in [0.15, 0.2) is 0 Å². The fraction of sp³-hybridized carbons (Fsp3) is 0.0588. The zero-order valence-corrected chi connectivity index (χ0v) is 12.1. The van der Waals surface area contributed by atoms with Crippen LogP contribution in [0.2, 0.25) is 0 Å². The second-order valence-corrected chi connectivity index (χ2v) is 4.44. The molecule has 0 aromatic heterocycles. The number of rotatable bonds is 5. The number of carbonyl (C=O) groups excluding carboxylic acids is 1. The van der Waals surface area contributed by atoms with Crippen molar-refractivity contribution in [2.45, 2.75) is 0 Å². The summed E-state index contributed by atoms with van der Waals surface area (Å²) in [6.45, 7) is 0. The van der Waals surface area contributed by atoms with Gasteiger partial charge in [0.2, 0.25) is 0 Å². The van der Waals surface area contributed by atoms with E-state index in [1.54, 1.807) is 37.5 Å². The van der Waals surface area contributed by atoms with Crippen molar-refractivity contribution in [3.05, 3.63) is 65.7 Å². The molecule has 0 saturated heterocycles. The molecule has 0 fully saturated rings. The van der Waals surface area contributed by atoms with Crippen LogP contribution < -0.4 is 10.2 Å². The lowest BCUT2D eigenvalue weighted by Gasteiger charge is -1.99. The summed E-state index contributed by atoms with van der Waals surface area (Å²) in [6.07, 6.45) is 4.53. The minimum Gasteiger partial charge on any atom is -0.508 e. The van der Waals surface area contributed by atoms with Crippen molar-refractivity contribution in [2.75, 3.05) is 7.11 Å². The van der Waals surface area contributed by atoms with E-state index in [9.17, 15) is 9.90 Å². The zero-order chi connectivity index (χ0) is 15.8. The molecular weight excluding hydrogens is 280 g/mol. The van der Waals surface area contributed by atoms with E-state index < -0.39 is 0 Å². The van der Waals surface area contributed by atoms with Crippen LogP contribution in [0.15, 0.2) is 59.7 Å². The van der Waals surface area contributed by atoms with Gasteiger partial charge >= 0.3 is 0 Å². The molecule has 1 amide bonds. The van der Waals surface area contributed by atoms with Gasteiger partial charge in [0, 0.05) is 6.08 Å². The third-order valence-corrected chi connectivity index (χ3v) is 2.80. The second kappa shape index (κ2) is 7.64. The summed E-state index contributed by atoms with van der Waals surface area (Å²) in [4.78, 5) is 11.6. The van der Waals surface area contributed by atoms with Gasteiger partial charge in [-0.1, -0.05) is 24.3 Å². The van der Waals surface area contributed by atoms with Gasteiger partial charge in [-0.05, 0) is 41.5 Å². The highest BCUT2D eigenvalue weighted by Crippen LogP contribution is 2.12. The maximum Gasteiger partial charge on any atom is 0.264 e. The van der Waals surface area contributed by atoms with Gasteiger partial charge in [0.05, 0.1) is 13.3 Å². The predicted molar refractivity (Wildman–Crippen MR) is 85.9 cm³/mol. The van der Waals surface area contributed by atoms with Crippen molar-refractivity contribution < 1.29 is 14.6 Å². The van der Waals surface area contributed by atoms with Gasteiger partial charge in [0.25, 0.3) is 5.91 Å². The molecule has 2 N–H and O–H groups in total. The van der Waals surface area contributed by atoms with E-state index in [-0.39, 0.29) is 11.7 Å². The molecule has 5 heteroatoms. The fourth-order valence-electron chi connectivity index (χ4n) is 1.70. The normalized spacial score (nSPS) is 11.0. The molecule has 0 atom stereocenters. The van der Waals surface area contributed by atoms with Crippen LogP contribution in [0.4, 0.5) is 0 Å². The third kappa shape index (κ3) is 4.79. The van der Waals surface area contributed by atoms with E-state index in [0.29, 0.717) is 5.56 Å². The highest BCUT2D eigenvalue weighted by atomic mass is 16.5. The molecule has 5 nitrogen and oxygen atoms in total. The zero-order valence-electron chi connectivity index (χ0n) is 12.1. The molecule has 2 rings (SSSR count). The largest absolute Gasteiger partial charge is 0.508 e. The van der Waals surface area contributed by atoms with Crippen LogP contribution >= 0.6 is 0 Å². The maximum atomic E-state index is 11.6. The van der Waals surface area contributed by atoms with Gasteiger partial charge < -0.3 is 9.84 Å². The van der Waals surface area contributed by atoms with Gasteiger partial charge in [-0.2, -0.15) is 5.10 Å². The molecule has 0 spiro atoms. The summed E-state index contributed by atoms with van der Waals surface area (Å²) >= 11 is 0. The first-order valence-electron chi connectivity index (χ1n) is 6.61. The number of ether oxygens (including phenoxy) is 1. The summed E-state index contributed by atoms with van der Waals surface area (Å²) in [6, 6.07) is 13.9. The molecule has 0 saturated carbocycles. The van der Waals surface area contributed by atoms with Crippen LogP contribution in [-0.2, 0) is 4.79 Å². The van der Waals surface area contributed by atoms with Crippen LogP contribution in [0.5, 0.6) is 11.5 Å². The number of amides is 1. The summed E-state index contributed by atoms with van der Waals surface area (Å²) in [5, 5.41) is 13.1. The highest BCUT2D eigenvalue weighted by molar-refractivity contribution is 5.92. The lowest BCUT2D eigenvalue weighted by Crippen LogP contribution is -2.14. The van der Waals surface area contributed by atoms with E-state index in [4.69, 9.17) is 4.74 Å². The summed E-state index contributed by atoms with van der Waals surface area (Å²) < 4.78 is 5.06. The van der Waals surface area contributed by atoms with Gasteiger partial charge in [0.1, 0.15) is 11.5 Å². The number of aromatic hydroxyl groups is 1. The van der Waals surface area contributed by atoms with Crippen LogP contribution in [0.3, 0.4) is 0 Å². The van der Waals surface area contributed by atoms with Gasteiger partial charge in [-0.15, -0.1) is 0 Å². The Hall–Kier alpha value is -3.08. The molecule has 0 heterocycles. The average molecular weight is 296 g/mol. The number of hydrazone groups is 1. The Morgan fingerprint density at radius 1 is 1.18 bits per heavy atom. The van der Waals surface area contributed by atoms with E-state index in [2.05, 4.69) is 10.5 Å². The van der Waals surface area contributed by atoms with Crippen LogP contribution in [-0.4, -0.2) is 24.3 Å². The first-order chi connectivity index (χ1) is 10.7. The molecular formula is C17H16N2O3. The van der Waals surface area contributed by atoms with Gasteiger partial charge in [-0.3, -0.25) is 4.79 Å². The summed E-state index contributed by atoms with van der Waals surface area (Å²) in [5.41, 5.74) is 3.96. The van der Waals surface area contributed by atoms with Crippen LogP contribution in [0, 0.1) is 0 Å². The van der Waals surface area contributed by atoms with E-state index in [1.807, 2.05) is 24.3 Å². The highest BCUT2D eigenvalue weighted by Gasteiger charge is 1.94. The Morgan fingerprint density at radius 3 is 2.64 bits per heavy atom. The Balaban J connectivity index is 1.88. The monoisotopic (exact) mass is 296 g/mol. The number of phenolic OH excluding ortho intramolecular Hbond substituents is 1. The number of benzene rings is 2. The van der Waals surface area contributed by atoms with E-state index >= 15 is 0 Å². The first kappa shape index (κ1) is 15.3. The Morgan fingerprint density at radius 2 is 1.95 bits per heavy atom. The van der Waals surface area contributed by atoms with Crippen LogP contribution in [0.1, 0.15) is 11.1 Å². The minimum absolute atomic E-state index is 0.148. The summed E-state index contributed by atoms with van der Waals surface area (Å²) in [5.74, 6) is 0.569. The lowest BCUT2D eigenvalue weighted by atomic mass is 10.2. The number of nitrogens with zero attached hydrogens (tertiary/aromatic N) is 1. The molecule has 0 aliphatic carbocycles. The second-order valence-electron chi connectivity index (χ2n) is 4.44. The number of hydrogen-bond donors (Lipinski definition) is 2. The molecule has 112 valence electrons. The molecule has 0 unspecified atom stereocenters. The van der Waals surface area contributed by atoms with Crippen molar-refractivity contribution >= 4 is 18.2 Å². The minimum atomic E-state index is -0.341. The average Bonchev–Trinajstić information content (AvgIpc) is 2.53. The quantitative estimate of drug-likeness (QED) is 0.506. The molecule has 2 aromatic carbocycles. The molecule has 0 radical (unpaired) electrons. The SMILES string of the molecule is COc1ccc(/C=C/C(=O)N/N=C\c2cccc(O)c2)cc1. The Kier molecular flexibility index (Phi) is 5.31. The summed E-state index contributed by atoms with van der Waals surface area (Å²) in [7, 11) is 1.60. The number of methoxy groups -OCH3 is 1. The Labute approximate surface area is 128 Å². The standard InChI is InChI=1S/C17H16N2O3/c1-22-16-8-5-13(6-9-16)7-10-17(21)19-18-12-14-3-2-4-15(20)11-14/h2-12,20H,1H3,(H,19,21)/b10-7+,18-12-. The number of phenols is 1. The molecule has 0 bridgehead atoms. The van der Waals surface area contributed by atoms with Crippen molar-refractivity contribution in [3.63, 3.8) is 0 Å². The fourth-order valence-corrected chi connectivity index (χ4v) is 1.70. The predicted octanol–water partition coefficient (Wildman–Crippen LogP) is 2.56. The van der Waals surface area contributed by atoms with Gasteiger partial charge in [-0.25, -0.2) is 5.43 Å². The molecule has 0 aliphatic heterocycles. The number of hydrogen-bond acceptors (Lipinski definition) is 4. The lowest BCUT2D eigenvalue weighted by molar-refractivity contribution is -0.116. The maximum absolute atomic E-state index is 11.6. The molecule has 0 aliphatic rings. The smallest absolute Gasteiger partial charge is 0.264 e. The van der Waals surface area contributed by atoms with Crippen molar-refractivity contribution in [1.82, 2.24) is 5.43 Å². The Bertz CT molecular complexity index is 691. The van der Waals surface area contributed by atoms with Crippen molar-refractivity contribution in [2.24, 2.45) is 5.10 Å². The van der Waals surface area contributed by atoms with Crippen molar-refractivity contribution in [3.8, 4) is 11.5 Å². The van der Waals surface area contributed by atoms with E-state index in [0.717, 1.165) is 11.3 Å². The van der Waals surface area contributed by atoms with E-state index in [1.165, 1.54) is 12.3 Å². The first-order valence-corrected chi connectivity index (χ1v) is 6.61. The third-order valence-electron chi connectivity index (χ3n) is 2.80. The number of carbonyl (C=O) groups is 1.